The maximum absolute atomic E-state index is 13.1. The van der Waals surface area contributed by atoms with Crippen molar-refractivity contribution in [1.29, 1.82) is 0 Å². The number of hydrogen-bond acceptors (Lipinski definition) is 4. The van der Waals surface area contributed by atoms with Gasteiger partial charge in [-0.25, -0.2) is 8.42 Å². The standard InChI is InChI=1S/C16H30N2O3S/c1-4-6-15(2)7-5-12-18(13-15)14(19)16(22(3,20)21)8-10-17-11-9-16/h17H,4-13H2,1-3H3. The van der Waals surface area contributed by atoms with Crippen molar-refractivity contribution in [3.63, 3.8) is 0 Å². The highest BCUT2D eigenvalue weighted by molar-refractivity contribution is 7.92. The second-order valence-electron chi connectivity index (χ2n) is 7.41. The van der Waals surface area contributed by atoms with Crippen molar-refractivity contribution in [3.05, 3.63) is 0 Å². The van der Waals surface area contributed by atoms with Gasteiger partial charge in [-0.2, -0.15) is 0 Å². The molecule has 1 unspecified atom stereocenters. The molecule has 1 amide bonds. The third-order valence-corrected chi connectivity index (χ3v) is 7.43. The van der Waals surface area contributed by atoms with Crippen molar-refractivity contribution in [2.75, 3.05) is 32.4 Å². The molecule has 0 aromatic rings. The monoisotopic (exact) mass is 330 g/mol. The summed E-state index contributed by atoms with van der Waals surface area (Å²) in [5.74, 6) is -0.154. The first-order valence-electron chi connectivity index (χ1n) is 8.44. The predicted molar refractivity (Wildman–Crippen MR) is 88.5 cm³/mol. The van der Waals surface area contributed by atoms with Crippen LogP contribution in [-0.4, -0.2) is 56.4 Å². The summed E-state index contributed by atoms with van der Waals surface area (Å²) < 4.78 is 23.6. The molecule has 0 radical (unpaired) electrons. The number of likely N-dealkylation sites (tertiary alicyclic amines) is 1. The second kappa shape index (κ2) is 6.48. The van der Waals surface area contributed by atoms with E-state index in [4.69, 9.17) is 0 Å². The second-order valence-corrected chi connectivity index (χ2v) is 9.73. The van der Waals surface area contributed by atoms with Gasteiger partial charge in [0.05, 0.1) is 0 Å². The molecular formula is C16H30N2O3S. The van der Waals surface area contributed by atoms with Crippen LogP contribution in [0.4, 0.5) is 0 Å². The van der Waals surface area contributed by atoms with E-state index in [1.807, 2.05) is 4.90 Å². The van der Waals surface area contributed by atoms with E-state index in [1.54, 1.807) is 0 Å². The van der Waals surface area contributed by atoms with Gasteiger partial charge in [-0.3, -0.25) is 4.79 Å². The van der Waals surface area contributed by atoms with E-state index in [0.29, 0.717) is 39.0 Å². The summed E-state index contributed by atoms with van der Waals surface area (Å²) in [5.41, 5.74) is 0.133. The lowest BCUT2D eigenvalue weighted by atomic mass is 9.77. The van der Waals surface area contributed by atoms with E-state index in [9.17, 15) is 13.2 Å². The van der Waals surface area contributed by atoms with E-state index < -0.39 is 14.6 Å². The Morgan fingerprint density at radius 3 is 2.41 bits per heavy atom. The molecule has 0 aromatic carbocycles. The van der Waals surface area contributed by atoms with Crippen molar-refractivity contribution in [2.24, 2.45) is 5.41 Å². The van der Waals surface area contributed by atoms with Gasteiger partial charge in [0, 0.05) is 19.3 Å². The lowest BCUT2D eigenvalue weighted by Crippen LogP contribution is -2.60. The quantitative estimate of drug-likeness (QED) is 0.850. The summed E-state index contributed by atoms with van der Waals surface area (Å²) in [5, 5.41) is 3.17. The molecule has 2 rings (SSSR count). The Kier molecular flexibility index (Phi) is 5.22. The van der Waals surface area contributed by atoms with E-state index in [2.05, 4.69) is 19.2 Å². The number of sulfone groups is 1. The fraction of sp³-hybridized carbons (Fsp3) is 0.938. The molecule has 2 saturated heterocycles. The van der Waals surface area contributed by atoms with Gasteiger partial charge in [-0.15, -0.1) is 0 Å². The largest absolute Gasteiger partial charge is 0.341 e. The van der Waals surface area contributed by atoms with E-state index in [1.165, 1.54) is 6.26 Å². The molecular weight excluding hydrogens is 300 g/mol. The first kappa shape index (κ1) is 17.7. The molecule has 0 bridgehead atoms. The minimum Gasteiger partial charge on any atom is -0.341 e. The van der Waals surface area contributed by atoms with Gasteiger partial charge in [-0.1, -0.05) is 20.3 Å². The van der Waals surface area contributed by atoms with Crippen molar-refractivity contribution in [1.82, 2.24) is 10.2 Å². The van der Waals surface area contributed by atoms with Crippen LogP contribution in [0, 0.1) is 5.41 Å². The van der Waals surface area contributed by atoms with Crippen LogP contribution in [0.25, 0.3) is 0 Å². The topological polar surface area (TPSA) is 66.5 Å². The van der Waals surface area contributed by atoms with Crippen molar-refractivity contribution in [2.45, 2.75) is 57.1 Å². The van der Waals surface area contributed by atoms with Crippen molar-refractivity contribution in [3.8, 4) is 0 Å². The van der Waals surface area contributed by atoms with Crippen molar-refractivity contribution >= 4 is 15.7 Å². The number of nitrogens with one attached hydrogen (secondary N) is 1. The molecule has 2 heterocycles. The number of hydrogen-bond donors (Lipinski definition) is 1. The molecule has 0 aliphatic carbocycles. The number of carbonyl (C=O) groups is 1. The molecule has 1 N–H and O–H groups in total. The number of carbonyl (C=O) groups excluding carboxylic acids is 1. The van der Waals surface area contributed by atoms with Crippen LogP contribution in [0.5, 0.6) is 0 Å². The molecule has 2 aliphatic rings. The number of rotatable bonds is 4. The summed E-state index contributed by atoms with van der Waals surface area (Å²) >= 11 is 0. The van der Waals surface area contributed by atoms with Crippen LogP contribution in [0.2, 0.25) is 0 Å². The highest BCUT2D eigenvalue weighted by atomic mass is 32.2. The van der Waals surface area contributed by atoms with Gasteiger partial charge < -0.3 is 10.2 Å². The third kappa shape index (κ3) is 3.32. The summed E-state index contributed by atoms with van der Waals surface area (Å²) in [6.07, 6.45) is 6.30. The Morgan fingerprint density at radius 1 is 1.23 bits per heavy atom. The summed E-state index contributed by atoms with van der Waals surface area (Å²) in [7, 11) is -3.42. The molecule has 0 aromatic heterocycles. The molecule has 0 saturated carbocycles. The summed E-state index contributed by atoms with van der Waals surface area (Å²) in [6.45, 7) is 6.98. The summed E-state index contributed by atoms with van der Waals surface area (Å²) in [4.78, 5) is 15.0. The lowest BCUT2D eigenvalue weighted by Gasteiger charge is -2.45. The van der Waals surface area contributed by atoms with Crippen molar-refractivity contribution < 1.29 is 13.2 Å². The highest BCUT2D eigenvalue weighted by Gasteiger charge is 2.51. The molecule has 128 valence electrons. The summed E-state index contributed by atoms with van der Waals surface area (Å²) in [6, 6.07) is 0. The fourth-order valence-electron chi connectivity index (χ4n) is 4.16. The van der Waals surface area contributed by atoms with Gasteiger partial charge in [-0.05, 0) is 50.6 Å². The molecule has 2 fully saturated rings. The zero-order chi connectivity index (χ0) is 16.4. The predicted octanol–water partition coefficient (Wildman–Crippen LogP) is 1.58. The maximum atomic E-state index is 13.1. The number of amides is 1. The Labute approximate surface area is 134 Å². The molecule has 22 heavy (non-hydrogen) atoms. The lowest BCUT2D eigenvalue weighted by molar-refractivity contribution is -0.138. The SMILES string of the molecule is CCCC1(C)CCCN(C(=O)C2(S(C)(=O)=O)CCNCC2)C1. The Bertz CT molecular complexity index is 507. The molecule has 1 atom stereocenters. The molecule has 2 aliphatic heterocycles. The Hall–Kier alpha value is -0.620. The minimum absolute atomic E-state index is 0.133. The van der Waals surface area contributed by atoms with Crippen LogP contribution in [0.1, 0.15) is 52.4 Å². The van der Waals surface area contributed by atoms with Crippen LogP contribution in [0.3, 0.4) is 0 Å². The highest BCUT2D eigenvalue weighted by Crippen LogP contribution is 2.37. The molecule has 0 spiro atoms. The Balaban J connectivity index is 2.24. The van der Waals surface area contributed by atoms with Gasteiger partial charge in [0.1, 0.15) is 0 Å². The zero-order valence-electron chi connectivity index (χ0n) is 14.2. The van der Waals surface area contributed by atoms with Crippen LogP contribution >= 0.6 is 0 Å². The number of nitrogens with zero attached hydrogens (tertiary/aromatic N) is 1. The minimum atomic E-state index is -3.42. The van der Waals surface area contributed by atoms with Crippen LogP contribution in [0.15, 0.2) is 0 Å². The van der Waals surface area contributed by atoms with E-state index in [0.717, 1.165) is 25.7 Å². The fourth-order valence-corrected chi connectivity index (χ4v) is 5.55. The van der Waals surface area contributed by atoms with Gasteiger partial charge in [0.25, 0.3) is 0 Å². The van der Waals surface area contributed by atoms with Gasteiger partial charge >= 0.3 is 0 Å². The zero-order valence-corrected chi connectivity index (χ0v) is 15.0. The normalized spacial score (nSPS) is 29.3. The average molecular weight is 330 g/mol. The van der Waals surface area contributed by atoms with Crippen LogP contribution < -0.4 is 5.32 Å². The van der Waals surface area contributed by atoms with Gasteiger partial charge in [0.2, 0.25) is 5.91 Å². The van der Waals surface area contributed by atoms with Crippen LogP contribution in [-0.2, 0) is 14.6 Å². The average Bonchev–Trinajstić information content (AvgIpc) is 2.46. The molecule has 6 heteroatoms. The van der Waals surface area contributed by atoms with Gasteiger partial charge in [0.15, 0.2) is 14.6 Å². The maximum Gasteiger partial charge on any atom is 0.244 e. The first-order valence-corrected chi connectivity index (χ1v) is 10.3. The van der Waals surface area contributed by atoms with E-state index >= 15 is 0 Å². The number of piperidine rings is 2. The smallest absolute Gasteiger partial charge is 0.244 e. The molecule has 5 nitrogen and oxygen atoms in total. The van der Waals surface area contributed by atoms with E-state index in [-0.39, 0.29) is 11.3 Å². The first-order chi connectivity index (χ1) is 10.2. The Morgan fingerprint density at radius 2 is 1.86 bits per heavy atom. The third-order valence-electron chi connectivity index (χ3n) is 5.43.